The van der Waals surface area contributed by atoms with Crippen molar-refractivity contribution in [2.24, 2.45) is 0 Å². The lowest BCUT2D eigenvalue weighted by atomic mass is 10.2. The monoisotopic (exact) mass is 279 g/mol. The maximum atomic E-state index is 12.5. The molecule has 0 amide bonds. The minimum absolute atomic E-state index is 0.340. The van der Waals surface area contributed by atoms with Crippen molar-refractivity contribution in [3.05, 3.63) is 41.6 Å². The number of alkyl halides is 3. The zero-order valence-electron chi connectivity index (χ0n) is 9.75. The average molecular weight is 279 g/mol. The maximum Gasteiger partial charge on any atom is 0.416 e. The van der Waals surface area contributed by atoms with E-state index in [0.717, 1.165) is 18.2 Å². The van der Waals surface area contributed by atoms with Crippen LogP contribution in [0.1, 0.15) is 19.4 Å². The summed E-state index contributed by atoms with van der Waals surface area (Å²) in [6.07, 6.45) is -3.06. The van der Waals surface area contributed by atoms with E-state index < -0.39 is 26.7 Å². The van der Waals surface area contributed by atoms with Gasteiger partial charge in [0.25, 0.3) is 10.0 Å². The molecule has 0 unspecified atom stereocenters. The molecule has 3 nitrogen and oxygen atoms in total. The van der Waals surface area contributed by atoms with Crippen LogP contribution in [0.2, 0.25) is 0 Å². The van der Waals surface area contributed by atoms with E-state index in [-0.39, 0.29) is 0 Å². The number of nitrogens with one attached hydrogen (secondary N) is 1. The number of hydrogen-bond acceptors (Lipinski definition) is 2. The first kappa shape index (κ1) is 14.6. The molecular weight excluding hydrogens is 267 g/mol. The van der Waals surface area contributed by atoms with E-state index in [1.165, 1.54) is 13.0 Å². The van der Waals surface area contributed by atoms with Crippen LogP contribution in [-0.2, 0) is 16.2 Å². The summed E-state index contributed by atoms with van der Waals surface area (Å²) in [5, 5.41) is 0. The van der Waals surface area contributed by atoms with Crippen LogP contribution >= 0.6 is 0 Å². The van der Waals surface area contributed by atoms with Crippen LogP contribution in [0.4, 0.5) is 13.2 Å². The molecule has 1 aromatic carbocycles. The van der Waals surface area contributed by atoms with Gasteiger partial charge in [0.05, 0.1) is 10.5 Å². The Balaban J connectivity index is 3.19. The highest BCUT2D eigenvalue weighted by Gasteiger charge is 2.31. The Kier molecular flexibility index (Phi) is 4.05. The van der Waals surface area contributed by atoms with Crippen molar-refractivity contribution in [1.82, 2.24) is 4.72 Å². The molecule has 1 aromatic rings. The number of halogens is 3. The van der Waals surface area contributed by atoms with Crippen molar-refractivity contribution >= 4 is 10.0 Å². The minimum Gasteiger partial charge on any atom is -0.284 e. The summed E-state index contributed by atoms with van der Waals surface area (Å²) < 4.78 is 63.1. The Bertz CT molecular complexity index is 562. The molecule has 1 N–H and O–H groups in total. The molecule has 0 aliphatic rings. The van der Waals surface area contributed by atoms with Gasteiger partial charge in [0.15, 0.2) is 0 Å². The second-order valence-electron chi connectivity index (χ2n) is 3.60. The van der Waals surface area contributed by atoms with Gasteiger partial charge in [-0.15, -0.1) is 0 Å². The summed E-state index contributed by atoms with van der Waals surface area (Å²) in [7, 11) is -3.97. The van der Waals surface area contributed by atoms with Crippen LogP contribution in [-0.4, -0.2) is 8.42 Å². The Hall–Kier alpha value is -1.50. The van der Waals surface area contributed by atoms with Gasteiger partial charge in [-0.3, -0.25) is 4.72 Å². The predicted molar refractivity (Wildman–Crippen MR) is 61.2 cm³/mol. The summed E-state index contributed by atoms with van der Waals surface area (Å²) in [6.45, 7) is 3.12. The van der Waals surface area contributed by atoms with E-state index in [2.05, 4.69) is 4.72 Å². The van der Waals surface area contributed by atoms with Crippen LogP contribution in [0.5, 0.6) is 0 Å². The molecular formula is C11H12F3NO2S. The van der Waals surface area contributed by atoms with Crippen LogP contribution in [0.15, 0.2) is 40.9 Å². The Morgan fingerprint density at radius 3 is 2.44 bits per heavy atom. The van der Waals surface area contributed by atoms with Crippen molar-refractivity contribution < 1.29 is 21.6 Å². The lowest BCUT2D eigenvalue weighted by molar-refractivity contribution is -0.137. The lowest BCUT2D eigenvalue weighted by Crippen LogP contribution is -2.22. The van der Waals surface area contributed by atoms with Gasteiger partial charge in [-0.25, -0.2) is 8.42 Å². The summed E-state index contributed by atoms with van der Waals surface area (Å²) >= 11 is 0. The van der Waals surface area contributed by atoms with Gasteiger partial charge in [0, 0.05) is 5.70 Å². The lowest BCUT2D eigenvalue weighted by Gasteiger charge is -2.11. The molecule has 0 aromatic heterocycles. The average Bonchev–Trinajstić information content (AvgIpc) is 2.27. The van der Waals surface area contributed by atoms with E-state index >= 15 is 0 Å². The first-order valence-corrected chi connectivity index (χ1v) is 6.48. The third-order valence-corrected chi connectivity index (χ3v) is 3.67. The SMILES string of the molecule is C/C=C(\C)NS(=O)(=O)c1cccc(C(F)(F)F)c1. The largest absolute Gasteiger partial charge is 0.416 e. The summed E-state index contributed by atoms with van der Waals surface area (Å²) in [5.74, 6) is 0. The number of sulfonamides is 1. The van der Waals surface area contributed by atoms with Gasteiger partial charge < -0.3 is 0 Å². The second kappa shape index (κ2) is 5.01. The standard InChI is InChI=1S/C11H12F3NO2S/c1-3-8(2)15-18(16,17)10-6-4-5-9(7-10)11(12,13)14/h3-7,15H,1-2H3/b8-3+. The molecule has 100 valence electrons. The molecule has 1 rings (SSSR count). The first-order valence-electron chi connectivity index (χ1n) is 5.00. The van der Waals surface area contributed by atoms with E-state index in [4.69, 9.17) is 0 Å². The molecule has 0 bridgehead atoms. The molecule has 0 atom stereocenters. The van der Waals surface area contributed by atoms with Gasteiger partial charge in [-0.1, -0.05) is 12.1 Å². The number of benzene rings is 1. The van der Waals surface area contributed by atoms with Crippen molar-refractivity contribution in [2.45, 2.75) is 24.9 Å². The van der Waals surface area contributed by atoms with Crippen molar-refractivity contribution in [3.63, 3.8) is 0 Å². The molecule has 0 saturated heterocycles. The molecule has 0 aliphatic carbocycles. The quantitative estimate of drug-likeness (QED) is 0.924. The Labute approximate surface area is 103 Å². The van der Waals surface area contributed by atoms with Gasteiger partial charge in [0.2, 0.25) is 0 Å². The zero-order valence-corrected chi connectivity index (χ0v) is 10.6. The van der Waals surface area contributed by atoms with Crippen LogP contribution < -0.4 is 4.72 Å². The van der Waals surface area contributed by atoms with E-state index in [1.54, 1.807) is 6.92 Å². The second-order valence-corrected chi connectivity index (χ2v) is 5.29. The van der Waals surface area contributed by atoms with Crippen LogP contribution in [0.3, 0.4) is 0 Å². The van der Waals surface area contributed by atoms with Crippen molar-refractivity contribution in [1.29, 1.82) is 0 Å². The molecule has 0 spiro atoms. The molecule has 0 fully saturated rings. The third-order valence-electron chi connectivity index (χ3n) is 2.20. The zero-order chi connectivity index (χ0) is 14.0. The fraction of sp³-hybridized carbons (Fsp3) is 0.273. The van der Waals surface area contributed by atoms with Gasteiger partial charge in [-0.2, -0.15) is 13.2 Å². The van der Waals surface area contributed by atoms with E-state index in [0.29, 0.717) is 11.8 Å². The smallest absolute Gasteiger partial charge is 0.284 e. The third kappa shape index (κ3) is 3.49. The molecule has 18 heavy (non-hydrogen) atoms. The summed E-state index contributed by atoms with van der Waals surface area (Å²) in [5.41, 5.74) is -0.657. The molecule has 0 radical (unpaired) electrons. The highest BCUT2D eigenvalue weighted by Crippen LogP contribution is 2.30. The topological polar surface area (TPSA) is 46.2 Å². The molecule has 0 aliphatic heterocycles. The predicted octanol–water partition coefficient (Wildman–Crippen LogP) is 2.91. The summed E-state index contributed by atoms with van der Waals surface area (Å²) in [6, 6.07) is 3.59. The molecule has 0 saturated carbocycles. The number of rotatable bonds is 3. The molecule has 0 heterocycles. The highest BCUT2D eigenvalue weighted by molar-refractivity contribution is 7.89. The minimum atomic E-state index is -4.57. The Morgan fingerprint density at radius 1 is 1.33 bits per heavy atom. The number of allylic oxidation sites excluding steroid dienone is 2. The fourth-order valence-electron chi connectivity index (χ4n) is 1.17. The van der Waals surface area contributed by atoms with E-state index in [9.17, 15) is 21.6 Å². The fourth-order valence-corrected chi connectivity index (χ4v) is 2.37. The van der Waals surface area contributed by atoms with Crippen LogP contribution in [0.25, 0.3) is 0 Å². The van der Waals surface area contributed by atoms with E-state index in [1.807, 2.05) is 0 Å². The number of hydrogen-bond donors (Lipinski definition) is 1. The summed E-state index contributed by atoms with van der Waals surface area (Å²) in [4.78, 5) is -0.418. The van der Waals surface area contributed by atoms with Crippen molar-refractivity contribution in [3.8, 4) is 0 Å². The van der Waals surface area contributed by atoms with Gasteiger partial charge in [-0.05, 0) is 32.0 Å². The Morgan fingerprint density at radius 2 is 1.94 bits per heavy atom. The van der Waals surface area contributed by atoms with Gasteiger partial charge >= 0.3 is 6.18 Å². The highest BCUT2D eigenvalue weighted by atomic mass is 32.2. The first-order chi connectivity index (χ1) is 8.16. The molecule has 7 heteroatoms. The maximum absolute atomic E-state index is 12.5. The van der Waals surface area contributed by atoms with Crippen LogP contribution in [0, 0.1) is 0 Å². The van der Waals surface area contributed by atoms with Gasteiger partial charge in [0.1, 0.15) is 0 Å². The van der Waals surface area contributed by atoms with Crippen molar-refractivity contribution in [2.75, 3.05) is 0 Å². The normalized spacial score (nSPS) is 13.5.